The number of hydrogen-bond acceptors (Lipinski definition) is 4. The highest BCUT2D eigenvalue weighted by molar-refractivity contribution is 5.90. The van der Waals surface area contributed by atoms with Gasteiger partial charge in [0.15, 0.2) is 0 Å². The van der Waals surface area contributed by atoms with Crippen LogP contribution in [0, 0.1) is 5.41 Å². The summed E-state index contributed by atoms with van der Waals surface area (Å²) in [6.07, 6.45) is 3.64. The Morgan fingerprint density at radius 3 is 2.63 bits per heavy atom. The Morgan fingerprint density at radius 2 is 1.95 bits per heavy atom. The molecule has 102 valence electrons. The molecule has 0 aliphatic rings. The fourth-order valence-corrected chi connectivity index (χ4v) is 2.21. The molecule has 0 amide bonds. The number of nitrogens with zero attached hydrogens (tertiary/aromatic N) is 2. The van der Waals surface area contributed by atoms with Crippen LogP contribution in [0.4, 0.5) is 5.69 Å². The predicted octanol–water partition coefficient (Wildman–Crippen LogP) is 2.84. The van der Waals surface area contributed by atoms with Crippen molar-refractivity contribution < 1.29 is 5.11 Å². The van der Waals surface area contributed by atoms with Gasteiger partial charge in [-0.3, -0.25) is 0 Å². The van der Waals surface area contributed by atoms with Gasteiger partial charge in [0.25, 0.3) is 0 Å². The number of hydrogen-bond donors (Lipinski definition) is 2. The van der Waals surface area contributed by atoms with Gasteiger partial charge in [-0.2, -0.15) is 10.2 Å². The van der Waals surface area contributed by atoms with E-state index in [-0.39, 0.29) is 12.0 Å². The van der Waals surface area contributed by atoms with Crippen LogP contribution in [0.5, 0.6) is 0 Å². The summed E-state index contributed by atoms with van der Waals surface area (Å²) < 4.78 is 0. The maximum atomic E-state index is 9.60. The largest absolute Gasteiger partial charge is 0.396 e. The quantitative estimate of drug-likeness (QED) is 0.837. The number of aliphatic hydroxyl groups excluding tert-OH is 1. The first kappa shape index (κ1) is 13.7. The lowest BCUT2D eigenvalue weighted by atomic mass is 9.83. The van der Waals surface area contributed by atoms with Crippen molar-refractivity contribution in [1.29, 1.82) is 0 Å². The summed E-state index contributed by atoms with van der Waals surface area (Å²) in [6.45, 7) is 5.17. The van der Waals surface area contributed by atoms with Crippen LogP contribution in [0.15, 0.2) is 30.5 Å². The fraction of sp³-hybridized carbons (Fsp3) is 0.467. The van der Waals surface area contributed by atoms with Crippen LogP contribution in [0.25, 0.3) is 10.9 Å². The van der Waals surface area contributed by atoms with Crippen LogP contribution >= 0.6 is 0 Å². The Morgan fingerprint density at radius 1 is 1.21 bits per heavy atom. The summed E-state index contributed by atoms with van der Waals surface area (Å²) in [6, 6.07) is 7.93. The van der Waals surface area contributed by atoms with E-state index in [1.165, 1.54) is 0 Å². The number of aromatic nitrogens is 2. The van der Waals surface area contributed by atoms with E-state index in [1.807, 2.05) is 24.3 Å². The summed E-state index contributed by atoms with van der Waals surface area (Å²) in [7, 11) is 0. The van der Waals surface area contributed by atoms with Gasteiger partial charge in [0, 0.05) is 17.3 Å². The number of benzene rings is 1. The Kier molecular flexibility index (Phi) is 4.32. The van der Waals surface area contributed by atoms with Crippen LogP contribution in [0.1, 0.15) is 26.7 Å². The van der Waals surface area contributed by atoms with Gasteiger partial charge in [-0.05, 0) is 18.9 Å². The van der Waals surface area contributed by atoms with E-state index < -0.39 is 0 Å². The lowest BCUT2D eigenvalue weighted by Gasteiger charge is -2.30. The molecule has 0 saturated carbocycles. The predicted molar refractivity (Wildman–Crippen MR) is 78.1 cm³/mol. The highest BCUT2D eigenvalue weighted by Gasteiger charge is 2.25. The van der Waals surface area contributed by atoms with Gasteiger partial charge in [-0.15, -0.1) is 0 Å². The van der Waals surface area contributed by atoms with Gasteiger partial charge in [-0.25, -0.2) is 0 Å². The monoisotopic (exact) mass is 259 g/mol. The first-order chi connectivity index (χ1) is 9.24. The molecule has 0 atom stereocenters. The summed E-state index contributed by atoms with van der Waals surface area (Å²) in [4.78, 5) is 0. The Labute approximate surface area is 113 Å². The fourth-order valence-electron chi connectivity index (χ4n) is 2.21. The van der Waals surface area contributed by atoms with Crippen LogP contribution in [-0.2, 0) is 0 Å². The van der Waals surface area contributed by atoms with Crippen molar-refractivity contribution >= 4 is 16.6 Å². The molecule has 0 aliphatic carbocycles. The van der Waals surface area contributed by atoms with E-state index in [1.54, 1.807) is 6.20 Å². The Hall–Kier alpha value is -1.68. The van der Waals surface area contributed by atoms with Crippen molar-refractivity contribution in [1.82, 2.24) is 10.2 Å². The molecule has 1 aromatic carbocycles. The molecule has 2 rings (SSSR count). The summed E-state index contributed by atoms with van der Waals surface area (Å²) >= 11 is 0. The lowest BCUT2D eigenvalue weighted by Crippen LogP contribution is -2.32. The zero-order valence-electron chi connectivity index (χ0n) is 11.6. The molecule has 1 heterocycles. The molecule has 0 aliphatic heterocycles. The van der Waals surface area contributed by atoms with E-state index in [0.717, 1.165) is 36.0 Å². The maximum Gasteiger partial charge on any atom is 0.0950 e. The Balaban J connectivity index is 2.22. The van der Waals surface area contributed by atoms with E-state index in [4.69, 9.17) is 0 Å². The molecule has 0 saturated heterocycles. The molecule has 0 bridgehead atoms. The highest BCUT2D eigenvalue weighted by Crippen LogP contribution is 2.27. The second-order valence-corrected chi connectivity index (χ2v) is 4.99. The second kappa shape index (κ2) is 5.97. The Bertz CT molecular complexity index is 524. The minimum atomic E-state index is -0.0651. The van der Waals surface area contributed by atoms with Crippen molar-refractivity contribution in [2.75, 3.05) is 18.5 Å². The third-order valence-corrected chi connectivity index (χ3v) is 4.04. The van der Waals surface area contributed by atoms with Crippen molar-refractivity contribution in [3.8, 4) is 0 Å². The van der Waals surface area contributed by atoms with Crippen LogP contribution in [0.2, 0.25) is 0 Å². The van der Waals surface area contributed by atoms with Gasteiger partial charge in [-0.1, -0.05) is 32.0 Å². The summed E-state index contributed by atoms with van der Waals surface area (Å²) in [5.41, 5.74) is 1.80. The van der Waals surface area contributed by atoms with E-state index in [0.29, 0.717) is 0 Å². The standard InChI is InChI=1S/C15H21N3O/c1-3-15(4-2,11-19)10-16-14-9-17-18-13-8-6-5-7-12(13)14/h5-9,19H,3-4,10-11H2,1-2H3,(H,16,18). The van der Waals surface area contributed by atoms with Crippen LogP contribution in [0.3, 0.4) is 0 Å². The van der Waals surface area contributed by atoms with Crippen molar-refractivity contribution in [2.24, 2.45) is 5.41 Å². The molecule has 2 N–H and O–H groups in total. The average Bonchev–Trinajstić information content (AvgIpc) is 2.49. The first-order valence-electron chi connectivity index (χ1n) is 6.80. The molecule has 4 heteroatoms. The molecular formula is C15H21N3O. The van der Waals surface area contributed by atoms with E-state index >= 15 is 0 Å². The van der Waals surface area contributed by atoms with Gasteiger partial charge >= 0.3 is 0 Å². The molecule has 4 nitrogen and oxygen atoms in total. The van der Waals surface area contributed by atoms with Gasteiger partial charge in [0.05, 0.1) is 24.0 Å². The number of nitrogens with one attached hydrogen (secondary N) is 1. The number of fused-ring (bicyclic) bond motifs is 1. The zero-order chi connectivity index (χ0) is 13.7. The molecule has 0 unspecified atom stereocenters. The maximum absolute atomic E-state index is 9.60. The third-order valence-electron chi connectivity index (χ3n) is 4.04. The molecule has 19 heavy (non-hydrogen) atoms. The third kappa shape index (κ3) is 2.84. The smallest absolute Gasteiger partial charge is 0.0950 e. The zero-order valence-corrected chi connectivity index (χ0v) is 11.6. The van der Waals surface area contributed by atoms with E-state index in [2.05, 4.69) is 29.4 Å². The summed E-state index contributed by atoms with van der Waals surface area (Å²) in [5, 5.41) is 22.2. The van der Waals surface area contributed by atoms with Crippen molar-refractivity contribution in [3.63, 3.8) is 0 Å². The molecular weight excluding hydrogens is 238 g/mol. The van der Waals surface area contributed by atoms with Crippen molar-refractivity contribution in [3.05, 3.63) is 30.5 Å². The SMILES string of the molecule is CCC(CC)(CO)CNc1cnnc2ccccc12. The van der Waals surface area contributed by atoms with Gasteiger partial charge < -0.3 is 10.4 Å². The summed E-state index contributed by atoms with van der Waals surface area (Å²) in [5.74, 6) is 0. The normalized spacial score (nSPS) is 11.7. The molecule has 0 spiro atoms. The molecule has 0 radical (unpaired) electrons. The molecule has 0 fully saturated rings. The number of aliphatic hydroxyl groups is 1. The van der Waals surface area contributed by atoms with E-state index in [9.17, 15) is 5.11 Å². The van der Waals surface area contributed by atoms with Gasteiger partial charge in [0.2, 0.25) is 0 Å². The lowest BCUT2D eigenvalue weighted by molar-refractivity contribution is 0.127. The van der Waals surface area contributed by atoms with Gasteiger partial charge in [0.1, 0.15) is 0 Å². The molecule has 1 aromatic heterocycles. The highest BCUT2D eigenvalue weighted by atomic mass is 16.3. The number of rotatable bonds is 6. The first-order valence-corrected chi connectivity index (χ1v) is 6.80. The minimum absolute atomic E-state index is 0.0651. The number of anilines is 1. The molecule has 2 aromatic rings. The van der Waals surface area contributed by atoms with Crippen molar-refractivity contribution in [2.45, 2.75) is 26.7 Å². The second-order valence-electron chi connectivity index (χ2n) is 4.99. The van der Waals surface area contributed by atoms with Crippen LogP contribution in [-0.4, -0.2) is 28.5 Å². The minimum Gasteiger partial charge on any atom is -0.396 e. The average molecular weight is 259 g/mol. The van der Waals surface area contributed by atoms with Crippen LogP contribution < -0.4 is 5.32 Å². The topological polar surface area (TPSA) is 58.0 Å².